The molecule has 1 aliphatic rings. The van der Waals surface area contributed by atoms with Gasteiger partial charge in [0, 0.05) is 39.9 Å². The Kier molecular flexibility index (Phi) is 6.24. The third kappa shape index (κ3) is 5.17. The number of hydrogen-bond donors (Lipinski definition) is 0. The van der Waals surface area contributed by atoms with Crippen LogP contribution in [0.25, 0.3) is 0 Å². The summed E-state index contributed by atoms with van der Waals surface area (Å²) in [4.78, 5) is 28.8. The maximum Gasteiger partial charge on any atom is 0.269 e. The number of nitrogens with zero attached hydrogens (tertiary/aromatic N) is 4. The molecule has 1 saturated heterocycles. The Hall–Kier alpha value is -2.67. The highest BCUT2D eigenvalue weighted by Crippen LogP contribution is 2.15. The molecule has 0 saturated carbocycles. The van der Waals surface area contributed by atoms with Crippen molar-refractivity contribution in [3.8, 4) is 0 Å². The monoisotopic (exact) mass is 370 g/mol. The lowest BCUT2D eigenvalue weighted by Gasteiger charge is -2.26. The maximum absolute atomic E-state index is 12.9. The van der Waals surface area contributed by atoms with Crippen LogP contribution in [-0.2, 0) is 22.6 Å². The third-order valence-electron chi connectivity index (χ3n) is 4.67. The van der Waals surface area contributed by atoms with Gasteiger partial charge in [0.05, 0.1) is 18.0 Å². The van der Waals surface area contributed by atoms with Gasteiger partial charge in [-0.3, -0.25) is 9.59 Å². The average Bonchev–Trinajstić information content (AvgIpc) is 3.16. The lowest BCUT2D eigenvalue weighted by atomic mass is 10.2. The fourth-order valence-corrected chi connectivity index (χ4v) is 3.11. The van der Waals surface area contributed by atoms with Crippen LogP contribution in [0.4, 0.5) is 5.69 Å². The van der Waals surface area contributed by atoms with Crippen molar-refractivity contribution >= 4 is 11.6 Å². The van der Waals surface area contributed by atoms with E-state index in [0.29, 0.717) is 18.8 Å². The van der Waals surface area contributed by atoms with Gasteiger partial charge in [0.2, 0.25) is 5.91 Å². The summed E-state index contributed by atoms with van der Waals surface area (Å²) in [6.07, 6.45) is 3.62. The summed E-state index contributed by atoms with van der Waals surface area (Å²) in [5, 5.41) is 4.14. The zero-order chi connectivity index (χ0) is 19.2. The summed E-state index contributed by atoms with van der Waals surface area (Å²) in [6, 6.07) is 11.3. The normalized spacial score (nSPS) is 16.3. The second-order valence-electron chi connectivity index (χ2n) is 7.00. The van der Waals surface area contributed by atoms with E-state index in [2.05, 4.69) is 5.10 Å². The molecular formula is C20H26N4O3. The molecule has 0 radical (unpaired) electrons. The van der Waals surface area contributed by atoms with Crippen LogP contribution in [0, 0.1) is 0 Å². The predicted octanol–water partition coefficient (Wildman–Crippen LogP) is 1.52. The Morgan fingerprint density at radius 2 is 2.07 bits per heavy atom. The smallest absolute Gasteiger partial charge is 0.269 e. The minimum Gasteiger partial charge on any atom is -0.376 e. The third-order valence-corrected chi connectivity index (χ3v) is 4.67. The van der Waals surface area contributed by atoms with E-state index in [0.717, 1.165) is 25.0 Å². The summed E-state index contributed by atoms with van der Waals surface area (Å²) in [6.45, 7) is 1.68. The molecule has 7 heteroatoms. The molecule has 7 nitrogen and oxygen atoms in total. The molecule has 0 N–H and O–H groups in total. The molecular weight excluding hydrogens is 344 g/mol. The number of rotatable bonds is 7. The zero-order valence-corrected chi connectivity index (χ0v) is 15.9. The molecule has 1 aliphatic heterocycles. The van der Waals surface area contributed by atoms with Crippen molar-refractivity contribution in [2.45, 2.75) is 32.0 Å². The number of carbonyl (C=O) groups excluding carboxylic acids is 1. The first kappa shape index (κ1) is 19.1. The summed E-state index contributed by atoms with van der Waals surface area (Å²) >= 11 is 0. The lowest BCUT2D eigenvalue weighted by molar-refractivity contribution is -0.134. The standard InChI is InChI=1S/C20H26N4O3/c1-22(2)17-11-19(25)24(21-12-17)15-20(26)23(14-18-9-6-10-27-18)13-16-7-4-3-5-8-16/h3-5,7-8,11-12,18H,6,9-10,13-15H2,1-2H3/t18-/m0/s1. The maximum atomic E-state index is 12.9. The topological polar surface area (TPSA) is 67.7 Å². The number of anilines is 1. The Bertz CT molecular complexity index is 813. The van der Waals surface area contributed by atoms with E-state index < -0.39 is 0 Å². The van der Waals surface area contributed by atoms with E-state index in [-0.39, 0.29) is 24.1 Å². The molecule has 0 unspecified atom stereocenters. The van der Waals surface area contributed by atoms with Gasteiger partial charge in [0.15, 0.2) is 0 Å². The summed E-state index contributed by atoms with van der Waals surface area (Å²) in [5.74, 6) is -0.137. The second kappa shape index (κ2) is 8.81. The van der Waals surface area contributed by atoms with Crippen LogP contribution < -0.4 is 10.5 Å². The molecule has 27 heavy (non-hydrogen) atoms. The molecule has 2 aromatic rings. The van der Waals surface area contributed by atoms with Crippen molar-refractivity contribution in [3.63, 3.8) is 0 Å². The molecule has 1 aromatic carbocycles. The molecule has 1 aromatic heterocycles. The molecule has 1 atom stereocenters. The van der Waals surface area contributed by atoms with Crippen LogP contribution in [-0.4, -0.2) is 53.9 Å². The van der Waals surface area contributed by atoms with Gasteiger partial charge in [-0.15, -0.1) is 0 Å². The highest BCUT2D eigenvalue weighted by Gasteiger charge is 2.23. The average molecular weight is 370 g/mol. The summed E-state index contributed by atoms with van der Waals surface area (Å²) < 4.78 is 6.91. The molecule has 0 spiro atoms. The number of amides is 1. The van der Waals surface area contributed by atoms with Gasteiger partial charge in [-0.05, 0) is 18.4 Å². The van der Waals surface area contributed by atoms with Crippen LogP contribution in [0.1, 0.15) is 18.4 Å². The van der Waals surface area contributed by atoms with Crippen LogP contribution >= 0.6 is 0 Å². The van der Waals surface area contributed by atoms with E-state index >= 15 is 0 Å². The van der Waals surface area contributed by atoms with Crippen LogP contribution in [0.3, 0.4) is 0 Å². The van der Waals surface area contributed by atoms with Gasteiger partial charge in [-0.1, -0.05) is 30.3 Å². The van der Waals surface area contributed by atoms with Gasteiger partial charge < -0.3 is 14.5 Å². The van der Waals surface area contributed by atoms with Gasteiger partial charge in [-0.2, -0.15) is 5.10 Å². The summed E-state index contributed by atoms with van der Waals surface area (Å²) in [5.41, 5.74) is 1.47. The number of benzene rings is 1. The number of ether oxygens (including phenoxy) is 1. The highest BCUT2D eigenvalue weighted by atomic mass is 16.5. The Morgan fingerprint density at radius 3 is 2.70 bits per heavy atom. The first-order chi connectivity index (χ1) is 13.0. The quantitative estimate of drug-likeness (QED) is 0.739. The zero-order valence-electron chi connectivity index (χ0n) is 15.9. The van der Waals surface area contributed by atoms with Gasteiger partial charge in [-0.25, -0.2) is 4.68 Å². The fraction of sp³-hybridized carbons (Fsp3) is 0.450. The van der Waals surface area contributed by atoms with E-state index in [4.69, 9.17) is 4.74 Å². The minimum absolute atomic E-state index is 0.0541. The molecule has 3 rings (SSSR count). The number of hydrogen-bond acceptors (Lipinski definition) is 5. The predicted molar refractivity (Wildman–Crippen MR) is 104 cm³/mol. The molecule has 1 amide bonds. The Labute approximate surface area is 159 Å². The van der Waals surface area contributed by atoms with Gasteiger partial charge in [0.25, 0.3) is 5.56 Å². The van der Waals surface area contributed by atoms with Crippen molar-refractivity contribution in [2.24, 2.45) is 0 Å². The van der Waals surface area contributed by atoms with E-state index in [1.807, 2.05) is 44.4 Å². The van der Waals surface area contributed by atoms with Gasteiger partial charge in [0.1, 0.15) is 6.54 Å². The molecule has 1 fully saturated rings. The largest absolute Gasteiger partial charge is 0.376 e. The first-order valence-corrected chi connectivity index (χ1v) is 9.21. The van der Waals surface area contributed by atoms with Crippen molar-refractivity contribution in [1.29, 1.82) is 0 Å². The molecule has 2 heterocycles. The summed E-state index contributed by atoms with van der Waals surface area (Å²) in [7, 11) is 3.68. The van der Waals surface area contributed by atoms with Crippen molar-refractivity contribution in [2.75, 3.05) is 32.1 Å². The van der Waals surface area contributed by atoms with Crippen LogP contribution in [0.5, 0.6) is 0 Å². The van der Waals surface area contributed by atoms with Crippen LogP contribution in [0.15, 0.2) is 47.4 Å². The number of carbonyl (C=O) groups is 1. The Morgan fingerprint density at radius 1 is 1.30 bits per heavy atom. The number of aromatic nitrogens is 2. The lowest BCUT2D eigenvalue weighted by Crippen LogP contribution is -2.40. The SMILES string of the molecule is CN(C)c1cnn(CC(=O)N(Cc2ccccc2)C[C@@H]2CCCO2)c(=O)c1. The van der Waals surface area contributed by atoms with Crippen molar-refractivity contribution in [3.05, 3.63) is 58.5 Å². The van der Waals surface area contributed by atoms with Crippen molar-refractivity contribution < 1.29 is 9.53 Å². The minimum atomic E-state index is -0.286. The van der Waals surface area contributed by atoms with Gasteiger partial charge >= 0.3 is 0 Å². The van der Waals surface area contributed by atoms with Crippen LogP contribution in [0.2, 0.25) is 0 Å². The molecule has 144 valence electrons. The second-order valence-corrected chi connectivity index (χ2v) is 7.00. The van der Waals surface area contributed by atoms with E-state index in [9.17, 15) is 9.59 Å². The molecule has 0 aliphatic carbocycles. The van der Waals surface area contributed by atoms with E-state index in [1.165, 1.54) is 10.7 Å². The van der Waals surface area contributed by atoms with Crippen molar-refractivity contribution in [1.82, 2.24) is 14.7 Å². The fourth-order valence-electron chi connectivity index (χ4n) is 3.11. The Balaban J connectivity index is 1.74. The van der Waals surface area contributed by atoms with E-state index in [1.54, 1.807) is 16.0 Å². The molecule has 0 bridgehead atoms. The first-order valence-electron chi connectivity index (χ1n) is 9.21. The highest BCUT2D eigenvalue weighted by molar-refractivity contribution is 5.76.